The summed E-state index contributed by atoms with van der Waals surface area (Å²) in [6.07, 6.45) is 0.358. The zero-order valence-corrected chi connectivity index (χ0v) is 16.1. The molecule has 0 saturated heterocycles. The summed E-state index contributed by atoms with van der Waals surface area (Å²) in [5.41, 5.74) is 3.16. The van der Waals surface area contributed by atoms with Gasteiger partial charge in [0.15, 0.2) is 11.2 Å². The normalized spacial score (nSPS) is 11.8. The number of nitrogens with one attached hydrogen (secondary N) is 1. The third-order valence-corrected chi connectivity index (χ3v) is 4.90. The predicted octanol–water partition coefficient (Wildman–Crippen LogP) is 5.43. The number of halogens is 1. The summed E-state index contributed by atoms with van der Waals surface area (Å²) in [6, 6.07) is 15.2. The van der Waals surface area contributed by atoms with Gasteiger partial charge in [-0.05, 0) is 43.2 Å². The van der Waals surface area contributed by atoms with Crippen molar-refractivity contribution in [2.45, 2.75) is 26.4 Å². The molecule has 0 unspecified atom stereocenters. The third kappa shape index (κ3) is 4.62. The lowest BCUT2D eigenvalue weighted by Crippen LogP contribution is -2.30. The summed E-state index contributed by atoms with van der Waals surface area (Å²) in [4.78, 5) is 16.8. The number of amides is 1. The van der Waals surface area contributed by atoms with Gasteiger partial charge in [-0.2, -0.15) is 0 Å². The summed E-state index contributed by atoms with van der Waals surface area (Å²) >= 11 is 7.24. The van der Waals surface area contributed by atoms with E-state index < -0.39 is 6.10 Å². The largest absolute Gasteiger partial charge is 0.481 e. The minimum atomic E-state index is -0.646. The Morgan fingerprint density at radius 3 is 2.54 bits per heavy atom. The molecule has 26 heavy (non-hydrogen) atoms. The minimum absolute atomic E-state index is 0.248. The van der Waals surface area contributed by atoms with Crippen molar-refractivity contribution in [1.29, 1.82) is 0 Å². The molecule has 0 saturated carbocycles. The number of hydrogen-bond acceptors (Lipinski definition) is 4. The van der Waals surface area contributed by atoms with Gasteiger partial charge < -0.3 is 4.74 Å². The zero-order valence-electron chi connectivity index (χ0n) is 14.5. The molecule has 1 amide bonds. The Bertz CT molecular complexity index is 876. The van der Waals surface area contributed by atoms with Crippen molar-refractivity contribution in [1.82, 2.24) is 4.98 Å². The maximum Gasteiger partial charge on any atom is 0.266 e. The number of carbonyl (C=O) groups is 1. The van der Waals surface area contributed by atoms with E-state index in [4.69, 9.17) is 16.3 Å². The van der Waals surface area contributed by atoms with Crippen LogP contribution in [0, 0.1) is 0 Å². The first-order valence-corrected chi connectivity index (χ1v) is 9.59. The molecule has 0 fully saturated rings. The van der Waals surface area contributed by atoms with Gasteiger partial charge in [0.1, 0.15) is 5.75 Å². The average Bonchev–Trinajstić information content (AvgIpc) is 3.12. The van der Waals surface area contributed by atoms with Crippen LogP contribution in [-0.4, -0.2) is 17.0 Å². The van der Waals surface area contributed by atoms with E-state index in [2.05, 4.69) is 29.4 Å². The molecule has 0 radical (unpaired) electrons. The van der Waals surface area contributed by atoms with Gasteiger partial charge in [-0.1, -0.05) is 42.8 Å². The molecule has 0 bridgehead atoms. The first-order valence-electron chi connectivity index (χ1n) is 8.33. The monoisotopic (exact) mass is 386 g/mol. The Kier molecular flexibility index (Phi) is 5.91. The van der Waals surface area contributed by atoms with Crippen LogP contribution in [0.25, 0.3) is 11.3 Å². The van der Waals surface area contributed by atoms with Crippen molar-refractivity contribution >= 4 is 34.0 Å². The molecule has 2 aromatic carbocycles. The topological polar surface area (TPSA) is 51.2 Å². The Balaban J connectivity index is 1.62. The summed E-state index contributed by atoms with van der Waals surface area (Å²) in [7, 11) is 0. The number of aryl methyl sites for hydroxylation is 1. The Morgan fingerprint density at radius 2 is 1.88 bits per heavy atom. The van der Waals surface area contributed by atoms with E-state index in [1.165, 1.54) is 16.9 Å². The Hall–Kier alpha value is -2.37. The van der Waals surface area contributed by atoms with E-state index in [9.17, 15) is 4.79 Å². The van der Waals surface area contributed by atoms with Crippen molar-refractivity contribution in [3.05, 3.63) is 64.5 Å². The van der Waals surface area contributed by atoms with Crippen LogP contribution < -0.4 is 10.1 Å². The standard InChI is InChI=1S/C20H19ClN2O2S/c1-3-14-4-6-15(7-5-14)18-12-26-20(22-18)23-19(24)13(2)25-17-10-8-16(21)9-11-17/h4-13H,3H2,1-2H3,(H,22,23,24)/t13-/m0/s1. The van der Waals surface area contributed by atoms with Crippen LogP contribution in [0.2, 0.25) is 5.02 Å². The molecule has 4 nitrogen and oxygen atoms in total. The van der Waals surface area contributed by atoms with Gasteiger partial charge in [0.2, 0.25) is 0 Å². The number of aromatic nitrogens is 1. The number of hydrogen-bond donors (Lipinski definition) is 1. The van der Waals surface area contributed by atoms with Crippen molar-refractivity contribution < 1.29 is 9.53 Å². The van der Waals surface area contributed by atoms with Crippen LogP contribution in [-0.2, 0) is 11.2 Å². The fraction of sp³-hybridized carbons (Fsp3) is 0.200. The molecule has 3 aromatic rings. The second-order valence-electron chi connectivity index (χ2n) is 5.79. The molecule has 3 rings (SSSR count). The molecule has 0 aliphatic carbocycles. The van der Waals surface area contributed by atoms with Gasteiger partial charge in [-0.25, -0.2) is 4.98 Å². The number of ether oxygens (including phenoxy) is 1. The van der Waals surface area contributed by atoms with Gasteiger partial charge in [0.25, 0.3) is 5.91 Å². The van der Waals surface area contributed by atoms with Gasteiger partial charge in [0.05, 0.1) is 5.69 Å². The highest BCUT2D eigenvalue weighted by Crippen LogP contribution is 2.25. The molecule has 0 aliphatic rings. The van der Waals surface area contributed by atoms with Crippen LogP contribution in [0.3, 0.4) is 0 Å². The van der Waals surface area contributed by atoms with E-state index in [-0.39, 0.29) is 5.91 Å². The van der Waals surface area contributed by atoms with Crippen LogP contribution in [0.1, 0.15) is 19.4 Å². The van der Waals surface area contributed by atoms with Gasteiger partial charge in [-0.3, -0.25) is 10.1 Å². The summed E-state index contributed by atoms with van der Waals surface area (Å²) in [6.45, 7) is 3.82. The van der Waals surface area contributed by atoms with Crippen molar-refractivity contribution in [3.63, 3.8) is 0 Å². The van der Waals surface area contributed by atoms with Crippen LogP contribution in [0.4, 0.5) is 5.13 Å². The van der Waals surface area contributed by atoms with Crippen LogP contribution in [0.15, 0.2) is 53.9 Å². The quantitative estimate of drug-likeness (QED) is 0.614. The first kappa shape index (κ1) is 18.4. The molecule has 134 valence electrons. The van der Waals surface area contributed by atoms with E-state index in [0.29, 0.717) is 15.9 Å². The predicted molar refractivity (Wildman–Crippen MR) is 107 cm³/mol. The fourth-order valence-electron chi connectivity index (χ4n) is 2.35. The second kappa shape index (κ2) is 8.34. The van der Waals surface area contributed by atoms with Gasteiger partial charge in [-0.15, -0.1) is 11.3 Å². The molecule has 1 aromatic heterocycles. The Morgan fingerprint density at radius 1 is 1.19 bits per heavy atom. The van der Waals surface area contributed by atoms with E-state index in [1.807, 2.05) is 17.5 Å². The second-order valence-corrected chi connectivity index (χ2v) is 7.09. The summed E-state index contributed by atoms with van der Waals surface area (Å²) in [5.74, 6) is 0.343. The number of anilines is 1. The molecule has 1 N–H and O–H groups in total. The molecule has 0 spiro atoms. The molecule has 1 heterocycles. The highest BCUT2D eigenvalue weighted by atomic mass is 35.5. The van der Waals surface area contributed by atoms with Crippen molar-refractivity contribution in [2.75, 3.05) is 5.32 Å². The highest BCUT2D eigenvalue weighted by Gasteiger charge is 2.16. The zero-order chi connectivity index (χ0) is 18.5. The number of nitrogens with zero attached hydrogens (tertiary/aromatic N) is 1. The molecular formula is C20H19ClN2O2S. The Labute approximate surface area is 161 Å². The molecule has 6 heteroatoms. The highest BCUT2D eigenvalue weighted by molar-refractivity contribution is 7.14. The summed E-state index contributed by atoms with van der Waals surface area (Å²) < 4.78 is 5.63. The minimum Gasteiger partial charge on any atom is -0.481 e. The van der Waals surface area contributed by atoms with Crippen LogP contribution >= 0.6 is 22.9 Å². The number of thiazole rings is 1. The molecule has 1 atom stereocenters. The SMILES string of the molecule is CCc1ccc(-c2csc(NC(=O)[C@H](C)Oc3ccc(Cl)cc3)n2)cc1. The van der Waals surface area contributed by atoms with E-state index in [1.54, 1.807) is 31.2 Å². The lowest BCUT2D eigenvalue weighted by molar-refractivity contribution is -0.122. The van der Waals surface area contributed by atoms with Crippen molar-refractivity contribution in [3.8, 4) is 17.0 Å². The molecular weight excluding hydrogens is 368 g/mol. The number of rotatable bonds is 6. The molecule has 0 aliphatic heterocycles. The number of benzene rings is 2. The third-order valence-electron chi connectivity index (χ3n) is 3.89. The van der Waals surface area contributed by atoms with Gasteiger partial charge in [0, 0.05) is 16.0 Å². The lowest BCUT2D eigenvalue weighted by Gasteiger charge is -2.13. The first-order chi connectivity index (χ1) is 12.5. The maximum atomic E-state index is 12.3. The fourth-order valence-corrected chi connectivity index (χ4v) is 3.20. The van der Waals surface area contributed by atoms with E-state index in [0.717, 1.165) is 17.7 Å². The maximum absolute atomic E-state index is 12.3. The van der Waals surface area contributed by atoms with Crippen LogP contribution in [0.5, 0.6) is 5.75 Å². The summed E-state index contributed by atoms with van der Waals surface area (Å²) in [5, 5.41) is 5.91. The van der Waals surface area contributed by atoms with Gasteiger partial charge >= 0.3 is 0 Å². The smallest absolute Gasteiger partial charge is 0.266 e. The van der Waals surface area contributed by atoms with E-state index >= 15 is 0 Å². The van der Waals surface area contributed by atoms with Crippen molar-refractivity contribution in [2.24, 2.45) is 0 Å². The lowest BCUT2D eigenvalue weighted by atomic mass is 10.1. The average molecular weight is 387 g/mol. The number of carbonyl (C=O) groups excluding carboxylic acids is 1.